The molecule has 200 valence electrons. The fourth-order valence-electron chi connectivity index (χ4n) is 3.76. The van der Waals surface area contributed by atoms with Crippen molar-refractivity contribution in [3.8, 4) is 0 Å². The molecule has 1 fully saturated rings. The number of hydrogen-bond donors (Lipinski definition) is 0. The molecule has 2 aliphatic rings. The normalized spacial score (nSPS) is 16.5. The predicted molar refractivity (Wildman–Crippen MR) is 128 cm³/mol. The van der Waals surface area contributed by atoms with Crippen LogP contribution in [0.25, 0.3) is 0 Å². The van der Waals surface area contributed by atoms with Gasteiger partial charge in [-0.3, -0.25) is 19.3 Å². The van der Waals surface area contributed by atoms with Crippen LogP contribution >= 0.6 is 0 Å². The van der Waals surface area contributed by atoms with Crippen LogP contribution in [-0.4, -0.2) is 108 Å². The Balaban J connectivity index is 1.07. The lowest BCUT2D eigenvalue weighted by Gasteiger charge is -2.30. The number of hydrogen-bond acceptors (Lipinski definition) is 9. The molecule has 36 heavy (non-hydrogen) atoms. The number of likely N-dealkylation sites (tertiary alicyclic amines) is 1. The number of rotatable bonds is 17. The fourth-order valence-corrected chi connectivity index (χ4v) is 3.76. The van der Waals surface area contributed by atoms with E-state index in [1.54, 1.807) is 10.9 Å². The van der Waals surface area contributed by atoms with Crippen molar-refractivity contribution in [3.05, 3.63) is 24.0 Å². The first-order valence-corrected chi connectivity index (χ1v) is 12.5. The van der Waals surface area contributed by atoms with Gasteiger partial charge in [0.2, 0.25) is 5.91 Å². The van der Waals surface area contributed by atoms with Crippen LogP contribution in [0.15, 0.2) is 18.3 Å². The Morgan fingerprint density at radius 3 is 2.06 bits per heavy atom. The molecule has 1 aromatic heterocycles. The fraction of sp³-hybridized carbons (Fsp3) is 0.708. The zero-order valence-corrected chi connectivity index (χ0v) is 21.0. The molecular formula is C24H37N5O7. The highest BCUT2D eigenvalue weighted by Crippen LogP contribution is 2.16. The lowest BCUT2D eigenvalue weighted by Crippen LogP contribution is -2.38. The van der Waals surface area contributed by atoms with Crippen molar-refractivity contribution in [2.75, 3.05) is 65.9 Å². The molecule has 0 saturated carbocycles. The van der Waals surface area contributed by atoms with E-state index in [2.05, 4.69) is 17.2 Å². The minimum atomic E-state index is -0.345. The van der Waals surface area contributed by atoms with Gasteiger partial charge < -0.3 is 23.8 Å². The third-order valence-corrected chi connectivity index (χ3v) is 5.98. The van der Waals surface area contributed by atoms with E-state index in [1.165, 1.54) is 12.2 Å². The van der Waals surface area contributed by atoms with Crippen LogP contribution in [0, 0.1) is 5.92 Å². The van der Waals surface area contributed by atoms with Gasteiger partial charge in [-0.25, -0.2) is 4.68 Å². The Bertz CT molecular complexity index is 849. The first-order chi connectivity index (χ1) is 17.5. The van der Waals surface area contributed by atoms with Crippen LogP contribution in [0.5, 0.6) is 0 Å². The quantitative estimate of drug-likeness (QED) is 0.218. The second-order valence-corrected chi connectivity index (χ2v) is 8.83. The van der Waals surface area contributed by atoms with Crippen molar-refractivity contribution in [3.63, 3.8) is 0 Å². The van der Waals surface area contributed by atoms with Gasteiger partial charge in [-0.1, -0.05) is 12.1 Å². The van der Waals surface area contributed by atoms with Gasteiger partial charge in [0.1, 0.15) is 5.69 Å². The second-order valence-electron chi connectivity index (χ2n) is 8.83. The van der Waals surface area contributed by atoms with Crippen LogP contribution in [0.4, 0.5) is 0 Å². The smallest absolute Gasteiger partial charge is 0.253 e. The van der Waals surface area contributed by atoms with E-state index in [9.17, 15) is 14.4 Å². The first-order valence-electron chi connectivity index (χ1n) is 12.5. The number of imide groups is 1. The van der Waals surface area contributed by atoms with E-state index in [0.29, 0.717) is 77.4 Å². The molecule has 0 radical (unpaired) electrons. The zero-order chi connectivity index (χ0) is 25.6. The number of carbonyl (C=O) groups is 3. The summed E-state index contributed by atoms with van der Waals surface area (Å²) in [4.78, 5) is 38.3. The molecule has 3 rings (SSSR count). The Labute approximate surface area is 211 Å². The van der Waals surface area contributed by atoms with Crippen LogP contribution in [0.1, 0.15) is 31.9 Å². The minimum absolute atomic E-state index is 0.103. The molecule has 0 atom stereocenters. The third-order valence-electron chi connectivity index (χ3n) is 5.98. The van der Waals surface area contributed by atoms with Gasteiger partial charge in [0, 0.05) is 25.2 Å². The zero-order valence-electron chi connectivity index (χ0n) is 21.0. The van der Waals surface area contributed by atoms with E-state index >= 15 is 0 Å². The van der Waals surface area contributed by atoms with Gasteiger partial charge in [-0.05, 0) is 18.8 Å². The maximum Gasteiger partial charge on any atom is 0.253 e. The molecule has 0 bridgehead atoms. The van der Waals surface area contributed by atoms with Crippen LogP contribution in [0.3, 0.4) is 0 Å². The van der Waals surface area contributed by atoms with Crippen molar-refractivity contribution in [1.29, 1.82) is 0 Å². The van der Waals surface area contributed by atoms with Gasteiger partial charge in [-0.2, -0.15) is 0 Å². The summed E-state index contributed by atoms with van der Waals surface area (Å²) >= 11 is 0. The SMILES string of the molecule is CC1CCN(C(=O)CCOCCOCCOCCOCCn2cc(CN3C(=O)C=CC3=O)nn2)CC1. The number of ether oxygens (including phenoxy) is 4. The number of aromatic nitrogens is 3. The summed E-state index contributed by atoms with van der Waals surface area (Å²) in [6.45, 7) is 8.16. The van der Waals surface area contributed by atoms with E-state index in [4.69, 9.17) is 18.9 Å². The predicted octanol–water partition coefficient (Wildman–Crippen LogP) is 0.418. The molecule has 12 heteroatoms. The van der Waals surface area contributed by atoms with E-state index in [1.807, 2.05) is 4.90 Å². The molecular weight excluding hydrogens is 470 g/mol. The maximum absolute atomic E-state index is 12.1. The lowest BCUT2D eigenvalue weighted by atomic mass is 9.99. The van der Waals surface area contributed by atoms with Gasteiger partial charge in [0.15, 0.2) is 0 Å². The lowest BCUT2D eigenvalue weighted by molar-refractivity contribution is -0.137. The topological polar surface area (TPSA) is 125 Å². The van der Waals surface area contributed by atoms with Crippen molar-refractivity contribution >= 4 is 17.7 Å². The Morgan fingerprint density at radius 2 is 1.44 bits per heavy atom. The molecule has 0 aromatic carbocycles. The standard InChI is InChI=1S/C24H37N5O7/c1-20-4-7-27(8-5-20)22(30)6-10-33-12-14-35-16-17-36-15-13-34-11-9-28-18-21(25-26-28)19-29-23(31)2-3-24(29)32/h2-3,18,20H,4-17,19H2,1H3. The molecule has 3 amide bonds. The van der Waals surface area contributed by atoms with Crippen molar-refractivity contribution in [2.45, 2.75) is 39.3 Å². The summed E-state index contributed by atoms with van der Waals surface area (Å²) < 4.78 is 23.5. The average molecular weight is 508 g/mol. The molecule has 1 aromatic rings. The number of nitrogens with zero attached hydrogens (tertiary/aromatic N) is 5. The summed E-state index contributed by atoms with van der Waals surface area (Å²) in [6, 6.07) is 0. The van der Waals surface area contributed by atoms with Crippen LogP contribution < -0.4 is 0 Å². The molecule has 0 unspecified atom stereocenters. The summed E-state index contributed by atoms with van der Waals surface area (Å²) in [6.07, 6.45) is 6.77. The number of amides is 3. The highest BCUT2D eigenvalue weighted by atomic mass is 16.6. The largest absolute Gasteiger partial charge is 0.379 e. The Kier molecular flexibility index (Phi) is 12.0. The van der Waals surface area contributed by atoms with Gasteiger partial charge in [-0.15, -0.1) is 5.10 Å². The minimum Gasteiger partial charge on any atom is -0.379 e. The molecule has 3 heterocycles. The summed E-state index contributed by atoms with van der Waals surface area (Å²) in [5.41, 5.74) is 0.537. The number of carbonyl (C=O) groups excluding carboxylic acids is 3. The van der Waals surface area contributed by atoms with E-state index in [0.717, 1.165) is 30.8 Å². The van der Waals surface area contributed by atoms with Crippen molar-refractivity contribution in [1.82, 2.24) is 24.8 Å². The van der Waals surface area contributed by atoms with E-state index in [-0.39, 0.29) is 24.3 Å². The second kappa shape index (κ2) is 15.4. The highest BCUT2D eigenvalue weighted by molar-refractivity contribution is 6.12. The third kappa shape index (κ3) is 9.76. The first kappa shape index (κ1) is 27.9. The molecule has 12 nitrogen and oxygen atoms in total. The molecule has 1 saturated heterocycles. The summed E-state index contributed by atoms with van der Waals surface area (Å²) in [5.74, 6) is 0.201. The van der Waals surface area contributed by atoms with Crippen molar-refractivity contribution < 1.29 is 33.3 Å². The van der Waals surface area contributed by atoms with Gasteiger partial charge in [0.05, 0.1) is 78.6 Å². The molecule has 0 N–H and O–H groups in total. The highest BCUT2D eigenvalue weighted by Gasteiger charge is 2.24. The maximum atomic E-state index is 12.1. The molecule has 0 aliphatic carbocycles. The molecule has 2 aliphatic heterocycles. The summed E-state index contributed by atoms with van der Waals surface area (Å²) in [7, 11) is 0. The van der Waals surface area contributed by atoms with Gasteiger partial charge in [0.25, 0.3) is 11.8 Å². The van der Waals surface area contributed by atoms with Crippen LogP contribution in [0.2, 0.25) is 0 Å². The van der Waals surface area contributed by atoms with E-state index < -0.39 is 0 Å². The van der Waals surface area contributed by atoms with Crippen LogP contribution in [-0.2, 0) is 46.4 Å². The van der Waals surface area contributed by atoms with Crippen molar-refractivity contribution in [2.24, 2.45) is 5.92 Å². The average Bonchev–Trinajstić information content (AvgIpc) is 3.46. The summed E-state index contributed by atoms with van der Waals surface area (Å²) in [5, 5.41) is 7.95. The molecule has 0 spiro atoms. The Hall–Kier alpha value is -2.67. The Morgan fingerprint density at radius 1 is 0.889 bits per heavy atom. The van der Waals surface area contributed by atoms with Gasteiger partial charge >= 0.3 is 0 Å². The number of piperidine rings is 1. The monoisotopic (exact) mass is 507 g/mol.